The second-order valence-electron chi connectivity index (χ2n) is 7.75. The fraction of sp³-hybridized carbons (Fsp3) is 0.500. The SMILES string of the molecule is CCC1CCCCN1CC(=O)Nc1cc(C(=O)N(C)Cc2cscn2)ccc1C. The van der Waals surface area contributed by atoms with Crippen molar-refractivity contribution in [2.75, 3.05) is 25.5 Å². The van der Waals surface area contributed by atoms with Crippen LogP contribution in [0, 0.1) is 6.92 Å². The molecule has 1 N–H and O–H groups in total. The standard InChI is InChI=1S/C22H30N4O2S/c1-4-19-7-5-6-10-26(19)13-21(27)24-20-11-17(9-8-16(20)2)22(28)25(3)12-18-14-29-15-23-18/h8-9,11,14-15,19H,4-7,10,12-13H2,1-3H3,(H,24,27). The number of nitrogens with zero attached hydrogens (tertiary/aromatic N) is 3. The number of rotatable bonds is 7. The molecule has 6 nitrogen and oxygen atoms in total. The number of piperidine rings is 1. The summed E-state index contributed by atoms with van der Waals surface area (Å²) in [5, 5.41) is 4.96. The number of aromatic nitrogens is 1. The van der Waals surface area contributed by atoms with Gasteiger partial charge >= 0.3 is 0 Å². The molecule has 29 heavy (non-hydrogen) atoms. The molecule has 1 aliphatic rings. The fourth-order valence-electron chi connectivity index (χ4n) is 3.85. The highest BCUT2D eigenvalue weighted by molar-refractivity contribution is 7.07. The molecule has 1 aromatic carbocycles. The van der Waals surface area contributed by atoms with Crippen LogP contribution in [0.2, 0.25) is 0 Å². The molecule has 7 heteroatoms. The fourth-order valence-corrected chi connectivity index (χ4v) is 4.39. The van der Waals surface area contributed by atoms with Gasteiger partial charge in [0.05, 0.1) is 24.3 Å². The van der Waals surface area contributed by atoms with Crippen LogP contribution >= 0.6 is 11.3 Å². The zero-order valence-corrected chi connectivity index (χ0v) is 18.3. The monoisotopic (exact) mass is 414 g/mol. The lowest BCUT2D eigenvalue weighted by molar-refractivity contribution is -0.118. The number of likely N-dealkylation sites (tertiary alicyclic amines) is 1. The van der Waals surface area contributed by atoms with Crippen LogP contribution in [0.1, 0.15) is 54.2 Å². The lowest BCUT2D eigenvalue weighted by Crippen LogP contribution is -2.43. The van der Waals surface area contributed by atoms with Crippen molar-refractivity contribution in [2.45, 2.75) is 52.1 Å². The van der Waals surface area contributed by atoms with Crippen molar-refractivity contribution in [2.24, 2.45) is 0 Å². The van der Waals surface area contributed by atoms with Gasteiger partial charge in [-0.1, -0.05) is 19.4 Å². The van der Waals surface area contributed by atoms with E-state index in [4.69, 9.17) is 0 Å². The molecule has 0 aliphatic carbocycles. The van der Waals surface area contributed by atoms with E-state index in [0.29, 0.717) is 30.4 Å². The molecule has 1 aromatic heterocycles. The van der Waals surface area contributed by atoms with Crippen LogP contribution in [0.25, 0.3) is 0 Å². The lowest BCUT2D eigenvalue weighted by Gasteiger charge is -2.34. The Morgan fingerprint density at radius 3 is 2.90 bits per heavy atom. The molecular formula is C22H30N4O2S. The smallest absolute Gasteiger partial charge is 0.254 e. The van der Waals surface area contributed by atoms with Crippen molar-refractivity contribution in [3.63, 3.8) is 0 Å². The summed E-state index contributed by atoms with van der Waals surface area (Å²) in [5.41, 5.74) is 4.85. The van der Waals surface area contributed by atoms with Crippen LogP contribution in [0.4, 0.5) is 5.69 Å². The van der Waals surface area contributed by atoms with E-state index in [2.05, 4.69) is 22.1 Å². The van der Waals surface area contributed by atoms with Crippen molar-refractivity contribution in [3.8, 4) is 0 Å². The minimum absolute atomic E-state index is 0.0196. The first-order valence-electron chi connectivity index (χ1n) is 10.2. The van der Waals surface area contributed by atoms with Crippen molar-refractivity contribution < 1.29 is 9.59 Å². The van der Waals surface area contributed by atoms with Crippen molar-refractivity contribution in [3.05, 3.63) is 45.9 Å². The Bertz CT molecular complexity index is 837. The second-order valence-corrected chi connectivity index (χ2v) is 8.47. The van der Waals surface area contributed by atoms with E-state index >= 15 is 0 Å². The number of benzene rings is 1. The highest BCUT2D eigenvalue weighted by Crippen LogP contribution is 2.21. The molecule has 0 radical (unpaired) electrons. The van der Waals surface area contributed by atoms with Crippen LogP contribution in [0.5, 0.6) is 0 Å². The lowest BCUT2D eigenvalue weighted by atomic mass is 10.00. The van der Waals surface area contributed by atoms with E-state index in [0.717, 1.165) is 37.1 Å². The summed E-state index contributed by atoms with van der Waals surface area (Å²) < 4.78 is 0. The maximum atomic E-state index is 12.8. The number of anilines is 1. The van der Waals surface area contributed by atoms with E-state index in [1.54, 1.807) is 23.5 Å². The minimum Gasteiger partial charge on any atom is -0.336 e. The first kappa shape index (κ1) is 21.5. The van der Waals surface area contributed by atoms with E-state index in [-0.39, 0.29) is 11.8 Å². The number of carbonyl (C=O) groups is 2. The molecule has 1 saturated heterocycles. The van der Waals surface area contributed by atoms with Gasteiger partial charge in [-0.05, 0) is 50.4 Å². The molecule has 0 spiro atoms. The van der Waals surface area contributed by atoms with Crippen LogP contribution in [-0.2, 0) is 11.3 Å². The molecule has 3 rings (SSSR count). The van der Waals surface area contributed by atoms with Gasteiger partial charge < -0.3 is 10.2 Å². The van der Waals surface area contributed by atoms with Crippen LogP contribution < -0.4 is 5.32 Å². The van der Waals surface area contributed by atoms with Gasteiger partial charge in [0, 0.05) is 29.7 Å². The quantitative estimate of drug-likeness (QED) is 0.746. The molecule has 1 aliphatic heterocycles. The number of hydrogen-bond acceptors (Lipinski definition) is 5. The van der Waals surface area contributed by atoms with Gasteiger partial charge in [-0.3, -0.25) is 14.5 Å². The number of carbonyl (C=O) groups excluding carboxylic acids is 2. The van der Waals surface area contributed by atoms with Crippen LogP contribution in [0.3, 0.4) is 0 Å². The molecule has 2 amide bonds. The maximum absolute atomic E-state index is 12.8. The molecule has 2 heterocycles. The van der Waals surface area contributed by atoms with Crippen molar-refractivity contribution >= 4 is 28.8 Å². The van der Waals surface area contributed by atoms with Gasteiger partial charge in [0.15, 0.2) is 0 Å². The summed E-state index contributed by atoms with van der Waals surface area (Å²) in [6.45, 7) is 5.97. The minimum atomic E-state index is -0.0874. The predicted molar refractivity (Wildman–Crippen MR) is 117 cm³/mol. The molecule has 156 valence electrons. The van der Waals surface area contributed by atoms with Gasteiger partial charge in [-0.15, -0.1) is 11.3 Å². The van der Waals surface area contributed by atoms with Crippen LogP contribution in [-0.4, -0.2) is 52.8 Å². The van der Waals surface area contributed by atoms with Gasteiger partial charge in [0.25, 0.3) is 5.91 Å². The Balaban J connectivity index is 1.65. The third-order valence-corrected chi connectivity index (χ3v) is 6.19. The van der Waals surface area contributed by atoms with Gasteiger partial charge in [0.2, 0.25) is 5.91 Å². The Hall–Kier alpha value is -2.25. The van der Waals surface area contributed by atoms with Gasteiger partial charge in [-0.2, -0.15) is 0 Å². The molecule has 1 atom stereocenters. The summed E-state index contributed by atoms with van der Waals surface area (Å²) in [7, 11) is 1.76. The molecule has 0 saturated carbocycles. The highest BCUT2D eigenvalue weighted by atomic mass is 32.1. The van der Waals surface area contributed by atoms with E-state index in [1.807, 2.05) is 24.4 Å². The number of hydrogen-bond donors (Lipinski definition) is 1. The third kappa shape index (κ3) is 5.64. The Morgan fingerprint density at radius 1 is 1.34 bits per heavy atom. The highest BCUT2D eigenvalue weighted by Gasteiger charge is 2.23. The largest absolute Gasteiger partial charge is 0.336 e. The predicted octanol–water partition coefficient (Wildman–Crippen LogP) is 3.93. The molecule has 2 aromatic rings. The Labute approximate surface area is 176 Å². The number of aryl methyl sites for hydroxylation is 1. The molecule has 0 bridgehead atoms. The van der Waals surface area contributed by atoms with E-state index in [9.17, 15) is 9.59 Å². The summed E-state index contributed by atoms with van der Waals surface area (Å²) >= 11 is 1.52. The normalized spacial score (nSPS) is 17.1. The van der Waals surface area contributed by atoms with E-state index in [1.165, 1.54) is 17.8 Å². The number of thiazole rings is 1. The molecular weight excluding hydrogens is 384 g/mol. The van der Waals surface area contributed by atoms with Crippen molar-refractivity contribution in [1.29, 1.82) is 0 Å². The van der Waals surface area contributed by atoms with E-state index < -0.39 is 0 Å². The summed E-state index contributed by atoms with van der Waals surface area (Å²) in [4.78, 5) is 33.6. The number of nitrogens with one attached hydrogen (secondary N) is 1. The average Bonchev–Trinajstić information content (AvgIpc) is 3.22. The maximum Gasteiger partial charge on any atom is 0.254 e. The zero-order chi connectivity index (χ0) is 20.8. The zero-order valence-electron chi connectivity index (χ0n) is 17.5. The number of amides is 2. The summed E-state index contributed by atoms with van der Waals surface area (Å²) in [6.07, 6.45) is 4.63. The first-order chi connectivity index (χ1) is 14.0. The Kier molecular flexibility index (Phi) is 7.39. The third-order valence-electron chi connectivity index (χ3n) is 5.55. The first-order valence-corrected chi connectivity index (χ1v) is 11.2. The van der Waals surface area contributed by atoms with Crippen molar-refractivity contribution in [1.82, 2.24) is 14.8 Å². The molecule has 1 unspecified atom stereocenters. The van der Waals surface area contributed by atoms with Gasteiger partial charge in [-0.25, -0.2) is 4.98 Å². The second kappa shape index (κ2) is 9.98. The summed E-state index contributed by atoms with van der Waals surface area (Å²) in [5.74, 6) is -0.107. The average molecular weight is 415 g/mol. The molecule has 1 fully saturated rings. The summed E-state index contributed by atoms with van der Waals surface area (Å²) in [6, 6.07) is 5.96. The Morgan fingerprint density at radius 2 is 2.17 bits per heavy atom. The van der Waals surface area contributed by atoms with Crippen LogP contribution in [0.15, 0.2) is 29.1 Å². The topological polar surface area (TPSA) is 65.5 Å². The van der Waals surface area contributed by atoms with Gasteiger partial charge in [0.1, 0.15) is 0 Å².